The lowest BCUT2D eigenvalue weighted by Crippen LogP contribution is -2.41. The normalized spacial score (nSPS) is 15.9. The highest BCUT2D eigenvalue weighted by molar-refractivity contribution is 5.78. The van der Waals surface area contributed by atoms with Crippen LogP contribution in [-0.2, 0) is 6.42 Å². The van der Waals surface area contributed by atoms with E-state index in [0.29, 0.717) is 24.8 Å². The summed E-state index contributed by atoms with van der Waals surface area (Å²) in [5.41, 5.74) is 7.60. The van der Waals surface area contributed by atoms with Gasteiger partial charge in [0.1, 0.15) is 12.1 Å². The molecule has 0 aliphatic carbocycles. The number of benzene rings is 1. The van der Waals surface area contributed by atoms with Crippen molar-refractivity contribution in [3.05, 3.63) is 42.0 Å². The van der Waals surface area contributed by atoms with E-state index >= 15 is 0 Å². The molecule has 122 valence electrons. The third-order valence-electron chi connectivity index (χ3n) is 3.96. The maximum Gasteiger partial charge on any atom is 0.226 e. The fraction of sp³-hybridized carbons (Fsp3) is 0.412. The molecule has 0 radical (unpaired) electrons. The molecule has 0 amide bonds. The van der Waals surface area contributed by atoms with Gasteiger partial charge in [-0.2, -0.15) is 0 Å². The van der Waals surface area contributed by atoms with E-state index in [-0.39, 0.29) is 5.82 Å². The minimum atomic E-state index is -0.275. The standard InChI is InChI=1S/C17H21FN4O/c18-14-6-4-13(5-7-14)16-21-15(12-23-16)8-9-20-17(19)22-10-2-1-3-11-22/h4-7,12H,1-3,8-11H2,(H2,19,20). The van der Waals surface area contributed by atoms with Crippen molar-refractivity contribution < 1.29 is 8.81 Å². The molecule has 1 aliphatic heterocycles. The van der Waals surface area contributed by atoms with Gasteiger partial charge in [0.15, 0.2) is 5.96 Å². The predicted molar refractivity (Wildman–Crippen MR) is 87.5 cm³/mol. The number of oxazole rings is 1. The summed E-state index contributed by atoms with van der Waals surface area (Å²) >= 11 is 0. The van der Waals surface area contributed by atoms with Gasteiger partial charge in [0.2, 0.25) is 5.89 Å². The second kappa shape index (κ2) is 7.26. The van der Waals surface area contributed by atoms with Gasteiger partial charge >= 0.3 is 0 Å². The van der Waals surface area contributed by atoms with Gasteiger partial charge in [-0.15, -0.1) is 0 Å². The number of guanidine groups is 1. The zero-order valence-corrected chi connectivity index (χ0v) is 13.0. The molecule has 0 atom stereocenters. The largest absolute Gasteiger partial charge is 0.444 e. The molecule has 6 heteroatoms. The van der Waals surface area contributed by atoms with Crippen molar-refractivity contribution in [2.75, 3.05) is 19.6 Å². The number of likely N-dealkylation sites (tertiary alicyclic amines) is 1. The minimum Gasteiger partial charge on any atom is -0.444 e. The second-order valence-electron chi connectivity index (χ2n) is 5.69. The van der Waals surface area contributed by atoms with Crippen LogP contribution in [0.4, 0.5) is 4.39 Å². The smallest absolute Gasteiger partial charge is 0.226 e. The number of hydrogen-bond donors (Lipinski definition) is 1. The molecule has 2 N–H and O–H groups in total. The molecule has 0 saturated carbocycles. The Hall–Kier alpha value is -2.37. The monoisotopic (exact) mass is 316 g/mol. The topological polar surface area (TPSA) is 67.6 Å². The van der Waals surface area contributed by atoms with E-state index in [4.69, 9.17) is 10.2 Å². The first-order valence-electron chi connectivity index (χ1n) is 7.97. The lowest BCUT2D eigenvalue weighted by molar-refractivity contribution is 0.338. The summed E-state index contributed by atoms with van der Waals surface area (Å²) < 4.78 is 18.4. The van der Waals surface area contributed by atoms with Crippen LogP contribution >= 0.6 is 0 Å². The van der Waals surface area contributed by atoms with Gasteiger partial charge < -0.3 is 15.1 Å². The molecule has 1 aliphatic rings. The number of rotatable bonds is 4. The van der Waals surface area contributed by atoms with Crippen LogP contribution in [0.3, 0.4) is 0 Å². The van der Waals surface area contributed by atoms with Gasteiger partial charge in [-0.05, 0) is 43.5 Å². The molecule has 1 aromatic heterocycles. The van der Waals surface area contributed by atoms with Crippen molar-refractivity contribution in [3.63, 3.8) is 0 Å². The summed E-state index contributed by atoms with van der Waals surface area (Å²) in [5, 5.41) is 0. The van der Waals surface area contributed by atoms with Crippen molar-refractivity contribution in [1.82, 2.24) is 9.88 Å². The first-order valence-corrected chi connectivity index (χ1v) is 7.97. The van der Waals surface area contributed by atoms with Crippen molar-refractivity contribution >= 4 is 5.96 Å². The fourth-order valence-electron chi connectivity index (χ4n) is 2.65. The van der Waals surface area contributed by atoms with Crippen LogP contribution < -0.4 is 5.73 Å². The predicted octanol–water partition coefficient (Wildman–Crippen LogP) is 2.82. The highest BCUT2D eigenvalue weighted by Gasteiger charge is 2.12. The minimum absolute atomic E-state index is 0.275. The Morgan fingerprint density at radius 3 is 2.70 bits per heavy atom. The van der Waals surface area contributed by atoms with E-state index in [0.717, 1.165) is 24.3 Å². The molecule has 5 nitrogen and oxygen atoms in total. The number of aromatic nitrogens is 1. The van der Waals surface area contributed by atoms with Gasteiger partial charge in [0, 0.05) is 31.6 Å². The highest BCUT2D eigenvalue weighted by atomic mass is 19.1. The maximum absolute atomic E-state index is 12.9. The summed E-state index contributed by atoms with van der Waals surface area (Å²) in [7, 11) is 0. The lowest BCUT2D eigenvalue weighted by Gasteiger charge is -2.27. The van der Waals surface area contributed by atoms with E-state index in [9.17, 15) is 4.39 Å². The summed E-state index contributed by atoms with van der Waals surface area (Å²) in [6, 6.07) is 6.08. The van der Waals surface area contributed by atoms with Crippen molar-refractivity contribution in [2.45, 2.75) is 25.7 Å². The van der Waals surface area contributed by atoms with Crippen LogP contribution in [0.25, 0.3) is 11.5 Å². The fourth-order valence-corrected chi connectivity index (χ4v) is 2.65. The molecule has 3 rings (SSSR count). The van der Waals surface area contributed by atoms with E-state index in [1.807, 2.05) is 0 Å². The zero-order valence-electron chi connectivity index (χ0n) is 13.0. The summed E-state index contributed by atoms with van der Waals surface area (Å²) in [6.07, 6.45) is 5.92. The van der Waals surface area contributed by atoms with Crippen LogP contribution in [0.1, 0.15) is 25.0 Å². The summed E-state index contributed by atoms with van der Waals surface area (Å²) in [6.45, 7) is 2.57. The molecule has 1 aromatic carbocycles. The molecule has 2 aromatic rings. The van der Waals surface area contributed by atoms with Gasteiger partial charge in [-0.25, -0.2) is 9.37 Å². The first-order chi connectivity index (χ1) is 11.2. The zero-order chi connectivity index (χ0) is 16.1. The first kappa shape index (κ1) is 15.5. The molecule has 0 unspecified atom stereocenters. The third-order valence-corrected chi connectivity index (χ3v) is 3.96. The van der Waals surface area contributed by atoms with Crippen molar-refractivity contribution in [2.24, 2.45) is 10.7 Å². The van der Waals surface area contributed by atoms with Crippen molar-refractivity contribution in [3.8, 4) is 11.5 Å². The average molecular weight is 316 g/mol. The third kappa shape index (κ3) is 4.09. The number of nitrogens with zero attached hydrogens (tertiary/aromatic N) is 3. The van der Waals surface area contributed by atoms with Crippen LogP contribution in [-0.4, -0.2) is 35.5 Å². The Balaban J connectivity index is 1.55. The van der Waals surface area contributed by atoms with E-state index in [1.54, 1.807) is 18.4 Å². The second-order valence-corrected chi connectivity index (χ2v) is 5.69. The maximum atomic E-state index is 12.9. The summed E-state index contributed by atoms with van der Waals surface area (Å²) in [5.74, 6) is 0.836. The highest BCUT2D eigenvalue weighted by Crippen LogP contribution is 2.19. The molecule has 1 saturated heterocycles. The van der Waals surface area contributed by atoms with Gasteiger partial charge in [0.05, 0.1) is 5.69 Å². The number of nitrogens with two attached hydrogens (primary N) is 1. The molecule has 23 heavy (non-hydrogen) atoms. The molecular weight excluding hydrogens is 295 g/mol. The molecular formula is C17H21FN4O. The molecule has 0 spiro atoms. The van der Waals surface area contributed by atoms with Crippen LogP contribution in [0.2, 0.25) is 0 Å². The van der Waals surface area contributed by atoms with Crippen LogP contribution in [0.5, 0.6) is 0 Å². The van der Waals surface area contributed by atoms with Crippen molar-refractivity contribution in [1.29, 1.82) is 0 Å². The van der Waals surface area contributed by atoms with Crippen LogP contribution in [0, 0.1) is 5.82 Å². The van der Waals surface area contributed by atoms with Gasteiger partial charge in [-0.1, -0.05) is 0 Å². The number of halogens is 1. The number of hydrogen-bond acceptors (Lipinski definition) is 3. The number of piperidine rings is 1. The summed E-state index contributed by atoms with van der Waals surface area (Å²) in [4.78, 5) is 11.0. The van der Waals surface area contributed by atoms with Crippen LogP contribution in [0.15, 0.2) is 39.9 Å². The SMILES string of the molecule is NC(=NCCc1coc(-c2ccc(F)cc2)n1)N1CCCCC1. The molecule has 0 bridgehead atoms. The van der Waals surface area contributed by atoms with E-state index in [2.05, 4.69) is 14.9 Å². The Bertz CT molecular complexity index is 659. The van der Waals surface area contributed by atoms with E-state index < -0.39 is 0 Å². The lowest BCUT2D eigenvalue weighted by atomic mass is 10.1. The quantitative estimate of drug-likeness (QED) is 0.696. The Morgan fingerprint density at radius 1 is 1.22 bits per heavy atom. The molecule has 1 fully saturated rings. The average Bonchev–Trinajstić information content (AvgIpc) is 3.05. The Labute approximate surface area is 135 Å². The van der Waals surface area contributed by atoms with E-state index in [1.165, 1.54) is 31.4 Å². The Kier molecular flexibility index (Phi) is 4.90. The van der Waals surface area contributed by atoms with Gasteiger partial charge in [0.25, 0.3) is 0 Å². The number of aliphatic imine (C=N–C) groups is 1. The molecule has 2 heterocycles. The Morgan fingerprint density at radius 2 is 1.96 bits per heavy atom. The van der Waals surface area contributed by atoms with Gasteiger partial charge in [-0.3, -0.25) is 4.99 Å².